The first-order valence-electron chi connectivity index (χ1n) is 5.83. The van der Waals surface area contributed by atoms with E-state index in [0.29, 0.717) is 16.8 Å². The minimum atomic E-state index is -0.363. The van der Waals surface area contributed by atoms with Crippen LogP contribution in [-0.4, -0.2) is 11.6 Å². The van der Waals surface area contributed by atoms with E-state index in [1.807, 2.05) is 6.07 Å². The highest BCUT2D eigenvalue weighted by Crippen LogP contribution is 2.07. The maximum Gasteiger partial charge on any atom is 0.271 e. The fraction of sp³-hybridized carbons (Fsp3) is 0.0667. The van der Waals surface area contributed by atoms with E-state index in [9.17, 15) is 9.18 Å². The van der Waals surface area contributed by atoms with E-state index < -0.39 is 0 Å². The standard InChI is InChI=1S/C15H13FN2O/c1-11(13-9-5-6-10-14(13)16)17-18-15(19)12-7-3-2-4-8-12/h2-10H,1H3,(H,18,19). The van der Waals surface area contributed by atoms with Crippen molar-refractivity contribution in [1.82, 2.24) is 5.43 Å². The Morgan fingerprint density at radius 2 is 1.68 bits per heavy atom. The molecule has 0 aliphatic rings. The molecular formula is C15H13FN2O. The minimum absolute atomic E-state index is 0.323. The van der Waals surface area contributed by atoms with Gasteiger partial charge in [-0.3, -0.25) is 4.79 Å². The Morgan fingerprint density at radius 1 is 1.05 bits per heavy atom. The lowest BCUT2D eigenvalue weighted by Gasteiger charge is -2.03. The number of hydrogen-bond acceptors (Lipinski definition) is 2. The minimum Gasteiger partial charge on any atom is -0.267 e. The Hall–Kier alpha value is -2.49. The topological polar surface area (TPSA) is 41.5 Å². The third-order valence-corrected chi connectivity index (χ3v) is 2.62. The van der Waals surface area contributed by atoms with Gasteiger partial charge in [-0.25, -0.2) is 9.82 Å². The smallest absolute Gasteiger partial charge is 0.267 e. The van der Waals surface area contributed by atoms with Crippen LogP contribution in [0.5, 0.6) is 0 Å². The average molecular weight is 256 g/mol. The molecule has 0 atom stereocenters. The fourth-order valence-corrected chi connectivity index (χ4v) is 1.60. The van der Waals surface area contributed by atoms with Gasteiger partial charge in [0.2, 0.25) is 0 Å². The number of nitrogens with zero attached hydrogens (tertiary/aromatic N) is 1. The molecule has 0 radical (unpaired) electrons. The van der Waals surface area contributed by atoms with Gasteiger partial charge < -0.3 is 0 Å². The summed E-state index contributed by atoms with van der Waals surface area (Å²) < 4.78 is 13.5. The zero-order valence-corrected chi connectivity index (χ0v) is 10.4. The van der Waals surface area contributed by atoms with Gasteiger partial charge in [-0.15, -0.1) is 0 Å². The maximum absolute atomic E-state index is 13.5. The first kappa shape index (κ1) is 13.0. The van der Waals surface area contributed by atoms with Gasteiger partial charge in [0.1, 0.15) is 5.82 Å². The maximum atomic E-state index is 13.5. The van der Waals surface area contributed by atoms with Crippen LogP contribution >= 0.6 is 0 Å². The van der Waals surface area contributed by atoms with E-state index in [1.165, 1.54) is 6.07 Å². The molecule has 2 rings (SSSR count). The largest absolute Gasteiger partial charge is 0.271 e. The SMILES string of the molecule is CC(=NNC(=O)c1ccccc1)c1ccccc1F. The molecule has 0 saturated heterocycles. The molecule has 0 bridgehead atoms. The fourth-order valence-electron chi connectivity index (χ4n) is 1.60. The zero-order valence-electron chi connectivity index (χ0n) is 10.4. The second kappa shape index (κ2) is 5.91. The number of hydrazone groups is 1. The van der Waals surface area contributed by atoms with Crippen LogP contribution in [0.2, 0.25) is 0 Å². The van der Waals surface area contributed by atoms with E-state index in [2.05, 4.69) is 10.5 Å². The van der Waals surface area contributed by atoms with E-state index >= 15 is 0 Å². The van der Waals surface area contributed by atoms with Crippen molar-refractivity contribution in [3.63, 3.8) is 0 Å². The normalized spacial score (nSPS) is 11.2. The molecule has 3 nitrogen and oxygen atoms in total. The van der Waals surface area contributed by atoms with Crippen molar-refractivity contribution in [2.24, 2.45) is 5.10 Å². The zero-order chi connectivity index (χ0) is 13.7. The highest BCUT2D eigenvalue weighted by atomic mass is 19.1. The number of halogens is 1. The van der Waals surface area contributed by atoms with E-state index in [1.54, 1.807) is 49.4 Å². The second-order valence-electron chi connectivity index (χ2n) is 3.98. The van der Waals surface area contributed by atoms with Crippen molar-refractivity contribution in [3.05, 3.63) is 71.5 Å². The van der Waals surface area contributed by atoms with Crippen molar-refractivity contribution in [2.45, 2.75) is 6.92 Å². The van der Waals surface area contributed by atoms with Gasteiger partial charge in [0, 0.05) is 11.1 Å². The van der Waals surface area contributed by atoms with Crippen LogP contribution in [0.15, 0.2) is 59.7 Å². The molecule has 2 aromatic rings. The van der Waals surface area contributed by atoms with Gasteiger partial charge >= 0.3 is 0 Å². The Labute approximate surface area is 110 Å². The molecule has 19 heavy (non-hydrogen) atoms. The van der Waals surface area contributed by atoms with Crippen molar-refractivity contribution in [1.29, 1.82) is 0 Å². The monoisotopic (exact) mass is 256 g/mol. The molecule has 0 saturated carbocycles. The molecule has 2 aromatic carbocycles. The summed E-state index contributed by atoms with van der Waals surface area (Å²) in [5.41, 5.74) is 3.70. The number of carbonyl (C=O) groups is 1. The van der Waals surface area contributed by atoms with Crippen molar-refractivity contribution in [2.75, 3.05) is 0 Å². The van der Waals surface area contributed by atoms with Gasteiger partial charge in [-0.1, -0.05) is 36.4 Å². The second-order valence-corrected chi connectivity index (χ2v) is 3.98. The van der Waals surface area contributed by atoms with Crippen molar-refractivity contribution >= 4 is 11.6 Å². The van der Waals surface area contributed by atoms with Gasteiger partial charge in [0.25, 0.3) is 5.91 Å². The molecule has 1 amide bonds. The summed E-state index contributed by atoms with van der Waals surface area (Å²) in [6.07, 6.45) is 0. The van der Waals surface area contributed by atoms with E-state index in [4.69, 9.17) is 0 Å². The summed E-state index contributed by atoms with van der Waals surface area (Å²) >= 11 is 0. The summed E-state index contributed by atoms with van der Waals surface area (Å²) in [7, 11) is 0. The van der Waals surface area contributed by atoms with Crippen LogP contribution in [0.4, 0.5) is 4.39 Å². The first-order valence-corrected chi connectivity index (χ1v) is 5.83. The molecule has 0 aliphatic heterocycles. The van der Waals surface area contributed by atoms with Gasteiger partial charge in [-0.2, -0.15) is 5.10 Å². The Morgan fingerprint density at radius 3 is 2.37 bits per heavy atom. The van der Waals surface area contributed by atoms with Gasteiger partial charge in [0.15, 0.2) is 0 Å². The van der Waals surface area contributed by atoms with E-state index in [-0.39, 0.29) is 11.7 Å². The Kier molecular flexibility index (Phi) is 4.03. The third kappa shape index (κ3) is 3.25. The molecule has 0 aliphatic carbocycles. The quantitative estimate of drug-likeness (QED) is 0.665. The lowest BCUT2D eigenvalue weighted by atomic mass is 10.1. The molecular weight excluding hydrogens is 243 g/mol. The Balaban J connectivity index is 2.11. The number of hydrogen-bond donors (Lipinski definition) is 1. The molecule has 4 heteroatoms. The number of amides is 1. The van der Waals surface area contributed by atoms with Crippen LogP contribution in [0, 0.1) is 5.82 Å². The summed E-state index contributed by atoms with van der Waals surface area (Å²) in [5.74, 6) is -0.686. The van der Waals surface area contributed by atoms with E-state index in [0.717, 1.165) is 0 Å². The van der Waals surface area contributed by atoms with Crippen LogP contribution in [0.3, 0.4) is 0 Å². The lowest BCUT2D eigenvalue weighted by molar-refractivity contribution is 0.0955. The molecule has 0 heterocycles. The molecule has 0 spiro atoms. The van der Waals surface area contributed by atoms with Crippen molar-refractivity contribution in [3.8, 4) is 0 Å². The predicted molar refractivity (Wildman–Crippen MR) is 72.5 cm³/mol. The van der Waals surface area contributed by atoms with Gasteiger partial charge in [0.05, 0.1) is 5.71 Å². The summed E-state index contributed by atoms with van der Waals surface area (Å²) in [5, 5.41) is 3.91. The van der Waals surface area contributed by atoms with Gasteiger partial charge in [-0.05, 0) is 25.1 Å². The van der Waals surface area contributed by atoms with Crippen LogP contribution in [0.1, 0.15) is 22.8 Å². The number of nitrogens with one attached hydrogen (secondary N) is 1. The van der Waals surface area contributed by atoms with Crippen molar-refractivity contribution < 1.29 is 9.18 Å². The highest BCUT2D eigenvalue weighted by Gasteiger charge is 2.06. The summed E-state index contributed by atoms with van der Waals surface area (Å²) in [4.78, 5) is 11.8. The van der Waals surface area contributed by atoms with Crippen LogP contribution in [0.25, 0.3) is 0 Å². The van der Waals surface area contributed by atoms with Crippen LogP contribution in [-0.2, 0) is 0 Å². The molecule has 0 fully saturated rings. The predicted octanol–water partition coefficient (Wildman–Crippen LogP) is 2.98. The lowest BCUT2D eigenvalue weighted by Crippen LogP contribution is -2.19. The summed E-state index contributed by atoms with van der Waals surface area (Å²) in [6.45, 7) is 1.64. The molecule has 0 unspecified atom stereocenters. The highest BCUT2D eigenvalue weighted by molar-refractivity contribution is 6.00. The molecule has 1 N–H and O–H groups in total. The number of carbonyl (C=O) groups excluding carboxylic acids is 1. The first-order chi connectivity index (χ1) is 9.18. The number of benzene rings is 2. The summed E-state index contributed by atoms with van der Waals surface area (Å²) in [6, 6.07) is 15.0. The third-order valence-electron chi connectivity index (χ3n) is 2.62. The Bertz CT molecular complexity index is 609. The number of rotatable bonds is 3. The van der Waals surface area contributed by atoms with Crippen LogP contribution < -0.4 is 5.43 Å². The molecule has 96 valence electrons. The average Bonchev–Trinajstić information content (AvgIpc) is 2.46. The molecule has 0 aromatic heterocycles.